The number of fused-ring (bicyclic) bond motifs is 4. The number of halogens is 2. The normalized spacial score (nSPS) is 27.5. The summed E-state index contributed by atoms with van der Waals surface area (Å²) < 4.78 is 20.1. The van der Waals surface area contributed by atoms with Crippen molar-refractivity contribution in [1.29, 1.82) is 0 Å². The molecule has 0 bridgehead atoms. The Hall–Kier alpha value is -5.07. The molecule has 7 rings (SSSR count). The minimum Gasteiger partial charge on any atom is -0.507 e. The van der Waals surface area contributed by atoms with Gasteiger partial charge < -0.3 is 20.1 Å². The Balaban J connectivity index is 1.36. The van der Waals surface area contributed by atoms with Crippen LogP contribution in [0.25, 0.3) is 0 Å². The summed E-state index contributed by atoms with van der Waals surface area (Å²) in [6.45, 7) is 1.37. The van der Waals surface area contributed by atoms with Gasteiger partial charge in [0.15, 0.2) is 0 Å². The van der Waals surface area contributed by atoms with Gasteiger partial charge in [-0.3, -0.25) is 19.2 Å². The third-order valence-electron chi connectivity index (χ3n) is 10.5. The highest BCUT2D eigenvalue weighted by Gasteiger charge is 2.68. The molecule has 4 amide bonds. The van der Waals surface area contributed by atoms with Gasteiger partial charge in [0.25, 0.3) is 0 Å². The number of amides is 4. The maximum Gasteiger partial charge on any atom is 0.339 e. The molecule has 49 heavy (non-hydrogen) atoms. The second-order valence-corrected chi connectivity index (χ2v) is 13.3. The van der Waals surface area contributed by atoms with Crippen molar-refractivity contribution in [2.75, 3.05) is 23.0 Å². The Labute approximate surface area is 284 Å². The number of carbonyl (C=O) groups is 5. The van der Waals surface area contributed by atoms with Gasteiger partial charge in [0.2, 0.25) is 23.6 Å². The van der Waals surface area contributed by atoms with Gasteiger partial charge in [0.1, 0.15) is 29.5 Å². The van der Waals surface area contributed by atoms with E-state index in [0.29, 0.717) is 16.9 Å². The number of anilines is 2. The zero-order valence-electron chi connectivity index (χ0n) is 26.0. The summed E-state index contributed by atoms with van der Waals surface area (Å²) in [4.78, 5) is 70.5. The highest BCUT2D eigenvalue weighted by atomic mass is 35.5. The number of carboxylic acids is 1. The SMILES string of the molecule is CC12C(=O)N(c3ccc(F)c(Cl)c3)C(=O)C1CC1C(=CCC3C(=O)N(c4ccc(C(=O)O)c(O)c4)C(=O)C31)C2c1ccccc1OCCO. The summed E-state index contributed by atoms with van der Waals surface area (Å²) in [7, 11) is 0. The number of hydrogen-bond donors (Lipinski definition) is 3. The summed E-state index contributed by atoms with van der Waals surface area (Å²) >= 11 is 6.07. The lowest BCUT2D eigenvalue weighted by Gasteiger charge is -2.49. The van der Waals surface area contributed by atoms with Gasteiger partial charge >= 0.3 is 5.97 Å². The van der Waals surface area contributed by atoms with E-state index in [1.165, 1.54) is 18.2 Å². The molecule has 0 aromatic heterocycles. The third-order valence-corrected chi connectivity index (χ3v) is 10.8. The largest absolute Gasteiger partial charge is 0.507 e. The predicted molar refractivity (Wildman–Crippen MR) is 173 cm³/mol. The van der Waals surface area contributed by atoms with Crippen molar-refractivity contribution in [2.45, 2.75) is 25.7 Å². The van der Waals surface area contributed by atoms with Crippen molar-refractivity contribution in [2.24, 2.45) is 29.1 Å². The Morgan fingerprint density at radius 1 is 0.980 bits per heavy atom. The molecule has 3 aromatic carbocycles. The first-order chi connectivity index (χ1) is 23.4. The first-order valence-corrected chi connectivity index (χ1v) is 16.1. The zero-order valence-corrected chi connectivity index (χ0v) is 26.8. The maximum atomic E-state index is 14.6. The number of aliphatic hydroxyl groups is 1. The number of nitrogens with zero attached hydrogens (tertiary/aromatic N) is 2. The maximum absolute atomic E-state index is 14.6. The molecular formula is C36H30ClFN2O9. The summed E-state index contributed by atoms with van der Waals surface area (Å²) in [6, 6.07) is 14.0. The van der Waals surface area contributed by atoms with Gasteiger partial charge in [0.05, 0.1) is 46.2 Å². The van der Waals surface area contributed by atoms with Crippen LogP contribution in [0.4, 0.5) is 15.8 Å². The molecule has 2 heterocycles. The lowest BCUT2D eigenvalue weighted by Crippen LogP contribution is -2.49. The summed E-state index contributed by atoms with van der Waals surface area (Å²) in [5.41, 5.74) is -0.446. The molecule has 6 atom stereocenters. The van der Waals surface area contributed by atoms with Crippen molar-refractivity contribution in [3.63, 3.8) is 0 Å². The van der Waals surface area contributed by atoms with E-state index >= 15 is 0 Å². The molecule has 3 N–H and O–H groups in total. The molecule has 1 saturated carbocycles. The Bertz CT molecular complexity index is 2000. The molecule has 13 heteroatoms. The van der Waals surface area contributed by atoms with Gasteiger partial charge in [0, 0.05) is 17.5 Å². The zero-order chi connectivity index (χ0) is 34.9. The topological polar surface area (TPSA) is 162 Å². The third kappa shape index (κ3) is 4.76. The Kier molecular flexibility index (Phi) is 7.83. The highest BCUT2D eigenvalue weighted by Crippen LogP contribution is 2.64. The van der Waals surface area contributed by atoms with Crippen molar-refractivity contribution < 1.29 is 48.4 Å². The minimum atomic E-state index is -1.41. The van der Waals surface area contributed by atoms with Crippen LogP contribution in [0.1, 0.15) is 41.6 Å². The number of imide groups is 2. The molecule has 3 aromatic rings. The van der Waals surface area contributed by atoms with E-state index in [1.807, 2.05) is 6.08 Å². The molecule has 2 aliphatic carbocycles. The molecular weight excluding hydrogens is 659 g/mol. The van der Waals surface area contributed by atoms with E-state index in [4.69, 9.17) is 16.3 Å². The lowest BCUT2D eigenvalue weighted by atomic mass is 9.51. The number of carboxylic acid groups (broad SMARTS) is 1. The van der Waals surface area contributed by atoms with Gasteiger partial charge in [-0.25, -0.2) is 19.0 Å². The second kappa shape index (κ2) is 11.8. The minimum absolute atomic E-state index is 0.0138. The van der Waals surface area contributed by atoms with Gasteiger partial charge in [-0.1, -0.05) is 41.4 Å². The van der Waals surface area contributed by atoms with Crippen LogP contribution in [0, 0.1) is 34.9 Å². The summed E-state index contributed by atoms with van der Waals surface area (Å²) in [5, 5.41) is 29.0. The van der Waals surface area contributed by atoms with Gasteiger partial charge in [-0.15, -0.1) is 0 Å². The van der Waals surface area contributed by atoms with Crippen LogP contribution < -0.4 is 14.5 Å². The van der Waals surface area contributed by atoms with E-state index in [1.54, 1.807) is 31.2 Å². The summed E-state index contributed by atoms with van der Waals surface area (Å²) in [6.07, 6.45) is 2.05. The molecule has 2 saturated heterocycles. The lowest BCUT2D eigenvalue weighted by molar-refractivity contribution is -0.131. The molecule has 6 unspecified atom stereocenters. The number of phenols is 1. The average molecular weight is 689 g/mol. The highest BCUT2D eigenvalue weighted by molar-refractivity contribution is 6.32. The van der Waals surface area contributed by atoms with Crippen LogP contribution in [0.15, 0.2) is 72.3 Å². The van der Waals surface area contributed by atoms with Gasteiger partial charge in [-0.2, -0.15) is 0 Å². The quantitative estimate of drug-likeness (QED) is 0.236. The second-order valence-electron chi connectivity index (χ2n) is 12.9. The van der Waals surface area contributed by atoms with E-state index in [-0.39, 0.29) is 42.5 Å². The molecule has 0 radical (unpaired) electrons. The number of hydrogen-bond acceptors (Lipinski definition) is 8. The van der Waals surface area contributed by atoms with Crippen molar-refractivity contribution >= 4 is 52.6 Å². The van der Waals surface area contributed by atoms with Crippen LogP contribution in [0.3, 0.4) is 0 Å². The van der Waals surface area contributed by atoms with Crippen molar-refractivity contribution in [3.05, 3.63) is 94.3 Å². The molecule has 4 aliphatic rings. The monoisotopic (exact) mass is 688 g/mol. The smallest absolute Gasteiger partial charge is 0.339 e. The van der Waals surface area contributed by atoms with E-state index in [2.05, 4.69) is 0 Å². The van der Waals surface area contributed by atoms with E-state index < -0.39 is 81.7 Å². The first kappa shape index (κ1) is 32.5. The van der Waals surface area contributed by atoms with E-state index in [0.717, 1.165) is 28.0 Å². The van der Waals surface area contributed by atoms with Crippen molar-refractivity contribution in [1.82, 2.24) is 0 Å². The number of rotatable bonds is 7. The molecule has 2 aliphatic heterocycles. The van der Waals surface area contributed by atoms with Gasteiger partial charge in [-0.05, 0) is 62.1 Å². The Morgan fingerprint density at radius 2 is 1.69 bits per heavy atom. The fraction of sp³-hybridized carbons (Fsp3) is 0.306. The van der Waals surface area contributed by atoms with Crippen LogP contribution >= 0.6 is 11.6 Å². The van der Waals surface area contributed by atoms with Crippen LogP contribution in [0.5, 0.6) is 11.5 Å². The summed E-state index contributed by atoms with van der Waals surface area (Å²) in [5.74, 6) is -8.72. The van der Waals surface area contributed by atoms with Crippen LogP contribution in [-0.2, 0) is 19.2 Å². The standard InChI is InChI=1S/C36H30ClFN2O9/c1-36-24(32(44)40(35(36)48)17-7-11-26(38)25(37)14-17)16-23-19(30(36)21-4-2-3-5-28(21)49-13-12-41)9-10-22-29(23)33(45)39(31(22)43)18-6-8-20(34(46)47)27(42)15-18/h2-9,11,14-15,22-24,29-30,41-42H,10,12-13,16H2,1H3,(H,46,47). The predicted octanol–water partition coefficient (Wildman–Crippen LogP) is 4.69. The van der Waals surface area contributed by atoms with Crippen molar-refractivity contribution in [3.8, 4) is 11.5 Å². The van der Waals surface area contributed by atoms with E-state index in [9.17, 15) is 43.7 Å². The molecule has 3 fully saturated rings. The molecule has 11 nitrogen and oxygen atoms in total. The number of aromatic carboxylic acids is 1. The average Bonchev–Trinajstić information content (AvgIpc) is 3.44. The van der Waals surface area contributed by atoms with Crippen LogP contribution in [-0.4, -0.2) is 58.1 Å². The number of ether oxygens (including phenoxy) is 1. The fourth-order valence-electron chi connectivity index (χ4n) is 8.33. The number of aromatic hydroxyl groups is 1. The number of carbonyl (C=O) groups excluding carboxylic acids is 4. The number of para-hydroxylation sites is 1. The Morgan fingerprint density at radius 3 is 2.39 bits per heavy atom. The molecule has 252 valence electrons. The fourth-order valence-corrected chi connectivity index (χ4v) is 8.50. The number of benzene rings is 3. The first-order valence-electron chi connectivity index (χ1n) is 15.7. The van der Waals surface area contributed by atoms with Crippen LogP contribution in [0.2, 0.25) is 5.02 Å². The molecule has 0 spiro atoms. The number of aliphatic hydroxyl groups excluding tert-OH is 1. The number of allylic oxidation sites excluding steroid dienone is 2.